The van der Waals surface area contributed by atoms with Crippen molar-refractivity contribution in [2.45, 2.75) is 45.8 Å². The van der Waals surface area contributed by atoms with Crippen LogP contribution in [0.4, 0.5) is 0 Å². The van der Waals surface area contributed by atoms with E-state index in [1.165, 1.54) is 6.92 Å². The van der Waals surface area contributed by atoms with E-state index in [-0.39, 0.29) is 11.8 Å². The summed E-state index contributed by atoms with van der Waals surface area (Å²) in [6.07, 6.45) is 1.59. The van der Waals surface area contributed by atoms with Crippen molar-refractivity contribution in [3.63, 3.8) is 0 Å². The number of fused-ring (bicyclic) bond motifs is 1. The molecule has 1 fully saturated rings. The minimum Gasteiger partial charge on any atom is -0.388 e. The van der Waals surface area contributed by atoms with Gasteiger partial charge in [-0.15, -0.1) is 0 Å². The van der Waals surface area contributed by atoms with Crippen LogP contribution in [0, 0.1) is 11.3 Å². The predicted molar refractivity (Wildman–Crippen MR) is 101 cm³/mol. The molecule has 1 saturated heterocycles. The topological polar surface area (TPSA) is 89.4 Å². The summed E-state index contributed by atoms with van der Waals surface area (Å²) in [4.78, 5) is 13.7. The lowest BCUT2D eigenvalue weighted by atomic mass is 9.68. The van der Waals surface area contributed by atoms with Gasteiger partial charge in [-0.3, -0.25) is 9.89 Å². The number of H-pyrrole nitrogens is 1. The molecule has 7 heteroatoms. The fourth-order valence-electron chi connectivity index (χ4n) is 3.99. The first-order valence-corrected chi connectivity index (χ1v) is 9.37. The van der Waals surface area contributed by atoms with Crippen molar-refractivity contribution in [2.75, 3.05) is 13.1 Å². The summed E-state index contributed by atoms with van der Waals surface area (Å²) in [5.74, 6) is 0.0170. The molecule has 0 bridgehead atoms. The third-order valence-corrected chi connectivity index (χ3v) is 5.98. The summed E-state index contributed by atoms with van der Waals surface area (Å²) in [6.45, 7) is 6.80. The number of likely N-dealkylation sites (tertiary alicyclic amines) is 1. The highest BCUT2D eigenvalue weighted by atomic mass is 35.5. The number of carbonyl (C=O) groups is 1. The Morgan fingerprint density at radius 2 is 2.00 bits per heavy atom. The van der Waals surface area contributed by atoms with Crippen molar-refractivity contribution in [3.05, 3.63) is 28.9 Å². The zero-order valence-corrected chi connectivity index (χ0v) is 16.1. The maximum Gasteiger partial charge on any atom is 0.251 e. The molecule has 2 aromatic rings. The number of benzene rings is 1. The molecule has 0 unspecified atom stereocenters. The number of hydrogen-bond acceptors (Lipinski definition) is 4. The van der Waals surface area contributed by atoms with Gasteiger partial charge in [-0.1, -0.05) is 25.4 Å². The molecule has 1 aliphatic rings. The number of rotatable bonds is 4. The number of amides is 1. The molecule has 1 aromatic heterocycles. The number of piperidine rings is 1. The van der Waals surface area contributed by atoms with E-state index in [1.54, 1.807) is 17.2 Å². The van der Waals surface area contributed by atoms with Crippen LogP contribution >= 0.6 is 11.6 Å². The molecule has 1 amide bonds. The van der Waals surface area contributed by atoms with E-state index in [1.807, 2.05) is 6.07 Å². The van der Waals surface area contributed by atoms with E-state index in [2.05, 4.69) is 24.0 Å². The summed E-state index contributed by atoms with van der Waals surface area (Å²) in [5.41, 5.74) is 1.15. The largest absolute Gasteiger partial charge is 0.388 e. The zero-order valence-electron chi connectivity index (χ0n) is 15.4. The number of aromatic amines is 1. The minimum absolute atomic E-state index is 0.226. The van der Waals surface area contributed by atoms with Crippen molar-refractivity contribution >= 4 is 28.4 Å². The van der Waals surface area contributed by atoms with Gasteiger partial charge >= 0.3 is 0 Å². The number of aliphatic hydroxyl groups is 2. The van der Waals surface area contributed by atoms with E-state index in [0.717, 1.165) is 29.3 Å². The SMILES string of the molecule is C[C@@H](O)C(=O)N1CCC(C(C)(C)[C@H](O)c2cc(Cl)cc3cn[nH]c23)CC1. The third kappa shape index (κ3) is 3.46. The Balaban J connectivity index is 1.79. The molecule has 26 heavy (non-hydrogen) atoms. The summed E-state index contributed by atoms with van der Waals surface area (Å²) in [5, 5.41) is 29.1. The Kier molecular flexibility index (Phi) is 5.28. The average molecular weight is 380 g/mol. The van der Waals surface area contributed by atoms with E-state index >= 15 is 0 Å². The molecule has 3 N–H and O–H groups in total. The van der Waals surface area contributed by atoms with Crippen molar-refractivity contribution in [3.8, 4) is 0 Å². The molecule has 0 spiro atoms. The van der Waals surface area contributed by atoms with Gasteiger partial charge in [-0.05, 0) is 43.2 Å². The molecule has 1 aliphatic heterocycles. The van der Waals surface area contributed by atoms with E-state index in [0.29, 0.717) is 18.1 Å². The minimum atomic E-state index is -0.967. The monoisotopic (exact) mass is 379 g/mol. The quantitative estimate of drug-likeness (QED) is 0.762. The summed E-state index contributed by atoms with van der Waals surface area (Å²) < 4.78 is 0. The Morgan fingerprint density at radius 3 is 2.62 bits per heavy atom. The predicted octanol–water partition coefficient (Wildman–Crippen LogP) is 2.90. The van der Waals surface area contributed by atoms with Crippen LogP contribution in [0.15, 0.2) is 18.3 Å². The second kappa shape index (κ2) is 7.18. The maximum atomic E-state index is 12.0. The molecular formula is C19H26ClN3O3. The van der Waals surface area contributed by atoms with Gasteiger partial charge in [0.15, 0.2) is 0 Å². The smallest absolute Gasteiger partial charge is 0.251 e. The normalized spacial score (nSPS) is 18.9. The standard InChI is InChI=1S/C19H26ClN3O3/c1-11(24)18(26)23-6-4-13(5-7-23)19(2,3)17(25)15-9-14(20)8-12-10-21-22-16(12)15/h8-11,13,17,24-25H,4-7H2,1-3H3,(H,21,22)/t11-,17-/m1/s1. The van der Waals surface area contributed by atoms with E-state index < -0.39 is 17.6 Å². The molecular weight excluding hydrogens is 354 g/mol. The molecule has 0 aliphatic carbocycles. The van der Waals surface area contributed by atoms with Gasteiger partial charge in [0.1, 0.15) is 6.10 Å². The maximum absolute atomic E-state index is 12.0. The van der Waals surface area contributed by atoms with Crippen LogP contribution in [0.25, 0.3) is 10.9 Å². The van der Waals surface area contributed by atoms with Gasteiger partial charge in [0.05, 0.1) is 17.8 Å². The zero-order chi connectivity index (χ0) is 19.1. The van der Waals surface area contributed by atoms with Crippen LogP contribution in [0.2, 0.25) is 5.02 Å². The molecule has 142 valence electrons. The first-order valence-electron chi connectivity index (χ1n) is 8.99. The summed E-state index contributed by atoms with van der Waals surface area (Å²) in [7, 11) is 0. The highest BCUT2D eigenvalue weighted by molar-refractivity contribution is 6.31. The van der Waals surface area contributed by atoms with Crippen LogP contribution < -0.4 is 0 Å². The van der Waals surface area contributed by atoms with Gasteiger partial charge in [0.25, 0.3) is 5.91 Å². The van der Waals surface area contributed by atoms with E-state index in [9.17, 15) is 15.0 Å². The average Bonchev–Trinajstić information content (AvgIpc) is 3.07. The lowest BCUT2D eigenvalue weighted by Crippen LogP contribution is -2.46. The Hall–Kier alpha value is -1.63. The summed E-state index contributed by atoms with van der Waals surface area (Å²) in [6, 6.07) is 3.62. The number of hydrogen-bond donors (Lipinski definition) is 3. The van der Waals surface area contributed by atoms with Gasteiger partial charge in [-0.2, -0.15) is 5.10 Å². The number of nitrogens with one attached hydrogen (secondary N) is 1. The molecule has 6 nitrogen and oxygen atoms in total. The molecule has 1 aromatic carbocycles. The number of halogens is 1. The van der Waals surface area contributed by atoms with Crippen LogP contribution in [0.5, 0.6) is 0 Å². The lowest BCUT2D eigenvalue weighted by Gasteiger charge is -2.43. The molecule has 0 radical (unpaired) electrons. The lowest BCUT2D eigenvalue weighted by molar-refractivity contribution is -0.141. The summed E-state index contributed by atoms with van der Waals surface area (Å²) >= 11 is 6.22. The Labute approximate surface area is 158 Å². The van der Waals surface area contributed by atoms with Crippen LogP contribution in [-0.4, -0.2) is 50.4 Å². The van der Waals surface area contributed by atoms with Crippen molar-refractivity contribution in [1.82, 2.24) is 15.1 Å². The number of carbonyl (C=O) groups excluding carboxylic acids is 1. The van der Waals surface area contributed by atoms with Gasteiger partial charge in [0, 0.05) is 29.1 Å². The second-order valence-corrected chi connectivity index (χ2v) is 8.27. The van der Waals surface area contributed by atoms with Crippen molar-refractivity contribution in [1.29, 1.82) is 0 Å². The number of aliphatic hydroxyl groups excluding tert-OH is 2. The molecule has 3 rings (SSSR count). The van der Waals surface area contributed by atoms with Crippen LogP contribution in [0.3, 0.4) is 0 Å². The molecule has 0 saturated carbocycles. The fraction of sp³-hybridized carbons (Fsp3) is 0.579. The Morgan fingerprint density at radius 1 is 1.35 bits per heavy atom. The first kappa shape index (κ1) is 19.1. The first-order chi connectivity index (χ1) is 12.2. The second-order valence-electron chi connectivity index (χ2n) is 7.83. The van der Waals surface area contributed by atoms with E-state index in [4.69, 9.17) is 11.6 Å². The van der Waals surface area contributed by atoms with Gasteiger partial charge in [0.2, 0.25) is 0 Å². The van der Waals surface area contributed by atoms with Crippen LogP contribution in [0.1, 0.15) is 45.3 Å². The fourth-order valence-corrected chi connectivity index (χ4v) is 4.23. The van der Waals surface area contributed by atoms with Gasteiger partial charge < -0.3 is 15.1 Å². The highest BCUT2D eigenvalue weighted by Crippen LogP contribution is 2.46. The van der Waals surface area contributed by atoms with Crippen LogP contribution in [-0.2, 0) is 4.79 Å². The van der Waals surface area contributed by atoms with Crippen molar-refractivity contribution in [2.24, 2.45) is 11.3 Å². The molecule has 2 atom stereocenters. The highest BCUT2D eigenvalue weighted by Gasteiger charge is 2.40. The van der Waals surface area contributed by atoms with Gasteiger partial charge in [-0.25, -0.2) is 0 Å². The number of nitrogens with zero attached hydrogens (tertiary/aromatic N) is 2. The molecule has 2 heterocycles. The van der Waals surface area contributed by atoms with Crippen molar-refractivity contribution < 1.29 is 15.0 Å². The third-order valence-electron chi connectivity index (χ3n) is 5.76. The number of aromatic nitrogens is 2. The Bertz CT molecular complexity index is 794.